The predicted molar refractivity (Wildman–Crippen MR) is 111 cm³/mol. The molecule has 2 aliphatic heterocycles. The third kappa shape index (κ3) is 3.02. The van der Waals surface area contributed by atoms with Gasteiger partial charge in [0.25, 0.3) is 0 Å². The number of ether oxygens (including phenoxy) is 1. The minimum Gasteiger partial charge on any atom is -0.494 e. The molecule has 1 saturated heterocycles. The second-order valence-corrected chi connectivity index (χ2v) is 9.31. The van der Waals surface area contributed by atoms with Crippen LogP contribution in [-0.4, -0.2) is 38.7 Å². The van der Waals surface area contributed by atoms with E-state index in [2.05, 4.69) is 0 Å². The lowest BCUT2D eigenvalue weighted by Crippen LogP contribution is -2.44. The molecule has 4 rings (SSSR count). The van der Waals surface area contributed by atoms with Crippen molar-refractivity contribution in [1.29, 1.82) is 5.26 Å². The summed E-state index contributed by atoms with van der Waals surface area (Å²) in [5, 5.41) is 31.2. The summed E-state index contributed by atoms with van der Waals surface area (Å²) in [5.41, 5.74) is -3.89. The van der Waals surface area contributed by atoms with Crippen LogP contribution in [0, 0.1) is 17.2 Å². The maximum atomic E-state index is 13.5. The topological polar surface area (TPSA) is 98.7 Å². The van der Waals surface area contributed by atoms with Crippen molar-refractivity contribution in [2.24, 2.45) is 5.92 Å². The zero-order chi connectivity index (χ0) is 24.7. The Bertz CT molecular complexity index is 1210. The Morgan fingerprint density at radius 2 is 1.88 bits per heavy atom. The maximum Gasteiger partial charge on any atom is 0.417 e. The molecule has 1 aromatic heterocycles. The van der Waals surface area contributed by atoms with Crippen LogP contribution in [0.2, 0.25) is 0 Å². The first kappa shape index (κ1) is 23.0. The van der Waals surface area contributed by atoms with Gasteiger partial charge in [0.05, 0.1) is 45.5 Å². The van der Waals surface area contributed by atoms with Gasteiger partial charge in [-0.1, -0.05) is 0 Å². The van der Waals surface area contributed by atoms with Crippen LogP contribution in [0.25, 0.3) is 5.69 Å². The number of carbonyl (C=O) groups excluding carboxylic acids is 1. The summed E-state index contributed by atoms with van der Waals surface area (Å²) < 4.78 is 47.5. The van der Waals surface area contributed by atoms with E-state index in [0.717, 1.165) is 10.6 Å². The van der Waals surface area contributed by atoms with E-state index in [-0.39, 0.29) is 35.2 Å². The van der Waals surface area contributed by atoms with Gasteiger partial charge in [0.2, 0.25) is 17.7 Å². The van der Waals surface area contributed by atoms with Crippen molar-refractivity contribution in [3.63, 3.8) is 0 Å². The number of nitriles is 1. The second-order valence-electron chi connectivity index (χ2n) is 9.31. The highest BCUT2D eigenvalue weighted by molar-refractivity contribution is 5.83. The number of hydrogen-bond acceptors (Lipinski definition) is 5. The van der Waals surface area contributed by atoms with Gasteiger partial charge in [-0.2, -0.15) is 18.4 Å². The number of hydrogen-bond donors (Lipinski definition) is 2. The van der Waals surface area contributed by atoms with Crippen LogP contribution in [0.5, 0.6) is 11.8 Å². The van der Waals surface area contributed by atoms with E-state index in [1.54, 1.807) is 25.8 Å². The molecule has 1 fully saturated rings. The zero-order valence-electron chi connectivity index (χ0n) is 18.8. The van der Waals surface area contributed by atoms with Gasteiger partial charge in [-0.15, -0.1) is 0 Å². The molecular weight excluding hydrogens is 439 g/mol. The number of fused-ring (bicyclic) bond motifs is 5. The number of carbonyl (C=O) groups is 1. The lowest BCUT2D eigenvalue weighted by Gasteiger charge is -2.33. The molecule has 0 radical (unpaired) electrons. The van der Waals surface area contributed by atoms with Gasteiger partial charge in [0.15, 0.2) is 0 Å². The van der Waals surface area contributed by atoms with Gasteiger partial charge >= 0.3 is 6.18 Å². The Hall–Kier alpha value is -3.19. The Kier molecular flexibility index (Phi) is 4.81. The Morgan fingerprint density at radius 1 is 1.27 bits per heavy atom. The largest absolute Gasteiger partial charge is 0.494 e. The number of aromatic hydroxyl groups is 2. The summed E-state index contributed by atoms with van der Waals surface area (Å²) >= 11 is 0. The molecule has 2 aliphatic rings. The number of rotatable bonds is 3. The maximum absolute atomic E-state index is 13.5. The molecule has 3 atom stereocenters. The molecule has 176 valence electrons. The molecule has 2 bridgehead atoms. The lowest BCUT2D eigenvalue weighted by molar-refractivity contribution is -0.143. The third-order valence-corrected chi connectivity index (χ3v) is 6.95. The van der Waals surface area contributed by atoms with Gasteiger partial charge < -0.3 is 19.8 Å². The Morgan fingerprint density at radius 3 is 2.42 bits per heavy atom. The molecule has 10 heteroatoms. The molecule has 2 N–H and O–H groups in total. The summed E-state index contributed by atoms with van der Waals surface area (Å²) in [6, 6.07) is 4.34. The van der Waals surface area contributed by atoms with E-state index in [4.69, 9.17) is 10.00 Å². The van der Waals surface area contributed by atoms with E-state index in [1.165, 1.54) is 12.1 Å². The zero-order valence-corrected chi connectivity index (χ0v) is 18.8. The third-order valence-electron chi connectivity index (χ3n) is 6.95. The van der Waals surface area contributed by atoms with Crippen LogP contribution < -0.4 is 0 Å². The minimum atomic E-state index is -4.80. The number of benzene rings is 1. The SMILES string of the molecule is CC(C)N(C)C(=O)[C@@H]1C[C@@]2(C)O[C@]1(C)c1c2c(O)n(-c2ccc(C#N)c(C(F)(F)F)c2)c1O. The first-order chi connectivity index (χ1) is 15.2. The highest BCUT2D eigenvalue weighted by atomic mass is 19.4. The molecule has 0 aliphatic carbocycles. The highest BCUT2D eigenvalue weighted by Crippen LogP contribution is 2.66. The molecule has 2 aromatic rings. The van der Waals surface area contributed by atoms with Crippen LogP contribution in [0.3, 0.4) is 0 Å². The molecule has 1 aromatic carbocycles. The smallest absolute Gasteiger partial charge is 0.417 e. The number of aromatic nitrogens is 1. The van der Waals surface area contributed by atoms with Crippen molar-refractivity contribution in [3.05, 3.63) is 40.5 Å². The van der Waals surface area contributed by atoms with Crippen molar-refractivity contribution < 1.29 is 32.9 Å². The summed E-state index contributed by atoms with van der Waals surface area (Å²) in [6.45, 7) is 7.06. The highest BCUT2D eigenvalue weighted by Gasteiger charge is 2.66. The number of halogens is 3. The van der Waals surface area contributed by atoms with Crippen molar-refractivity contribution in [1.82, 2.24) is 9.47 Å². The van der Waals surface area contributed by atoms with Crippen LogP contribution in [0.4, 0.5) is 13.2 Å². The molecule has 3 heterocycles. The molecule has 0 unspecified atom stereocenters. The number of alkyl halides is 3. The van der Waals surface area contributed by atoms with Gasteiger partial charge in [0.1, 0.15) is 5.60 Å². The lowest BCUT2D eigenvalue weighted by atomic mass is 9.72. The summed E-state index contributed by atoms with van der Waals surface area (Å²) in [7, 11) is 1.67. The van der Waals surface area contributed by atoms with Crippen molar-refractivity contribution in [2.75, 3.05) is 7.05 Å². The van der Waals surface area contributed by atoms with E-state index in [0.29, 0.717) is 6.07 Å². The van der Waals surface area contributed by atoms with E-state index in [1.807, 2.05) is 13.8 Å². The van der Waals surface area contributed by atoms with Gasteiger partial charge in [-0.25, -0.2) is 0 Å². The van der Waals surface area contributed by atoms with Crippen molar-refractivity contribution >= 4 is 5.91 Å². The van der Waals surface area contributed by atoms with Crippen molar-refractivity contribution in [2.45, 2.75) is 57.5 Å². The fourth-order valence-electron chi connectivity index (χ4n) is 5.13. The van der Waals surface area contributed by atoms with Crippen LogP contribution >= 0.6 is 0 Å². The molecule has 33 heavy (non-hydrogen) atoms. The molecule has 7 nitrogen and oxygen atoms in total. The first-order valence-corrected chi connectivity index (χ1v) is 10.4. The standard InChI is InChI=1S/C23H24F3N3O4/c1-11(2)28(5)18(30)15-9-21(3)16-17(22(15,4)33-21)20(32)29(19(16)31)13-7-6-12(10-27)14(8-13)23(24,25)26/h6-8,11,15,31-32H,9H2,1-5H3/t15-,21+,22-/m0/s1. The summed E-state index contributed by atoms with van der Waals surface area (Å²) in [4.78, 5) is 14.7. The van der Waals surface area contributed by atoms with E-state index in [9.17, 15) is 28.2 Å². The fourth-order valence-corrected chi connectivity index (χ4v) is 5.13. The molecule has 0 saturated carbocycles. The average Bonchev–Trinajstić information content (AvgIpc) is 3.26. The second kappa shape index (κ2) is 6.90. The fraction of sp³-hybridized carbons (Fsp3) is 0.478. The summed E-state index contributed by atoms with van der Waals surface area (Å²) in [5.74, 6) is -1.81. The van der Waals surface area contributed by atoms with E-state index >= 15 is 0 Å². The molecule has 0 spiro atoms. The van der Waals surface area contributed by atoms with Crippen LogP contribution in [-0.2, 0) is 26.9 Å². The quantitative estimate of drug-likeness (QED) is 0.713. The van der Waals surface area contributed by atoms with Crippen LogP contribution in [0.15, 0.2) is 18.2 Å². The van der Waals surface area contributed by atoms with Gasteiger partial charge in [-0.3, -0.25) is 9.36 Å². The summed E-state index contributed by atoms with van der Waals surface area (Å²) in [6.07, 6.45) is -4.56. The Balaban J connectivity index is 1.90. The molecular formula is C23H24F3N3O4. The predicted octanol–water partition coefficient (Wildman–Crippen LogP) is 4.13. The minimum absolute atomic E-state index is 0.0708. The number of amides is 1. The van der Waals surface area contributed by atoms with Gasteiger partial charge in [-0.05, 0) is 52.3 Å². The Labute approximate surface area is 188 Å². The first-order valence-electron chi connectivity index (χ1n) is 10.4. The molecule has 1 amide bonds. The monoisotopic (exact) mass is 463 g/mol. The van der Waals surface area contributed by atoms with E-state index < -0.39 is 46.2 Å². The van der Waals surface area contributed by atoms with Gasteiger partial charge in [0, 0.05) is 13.1 Å². The normalized spacial score (nSPS) is 25.9. The van der Waals surface area contributed by atoms with Crippen LogP contribution in [0.1, 0.15) is 56.4 Å². The number of nitrogens with zero attached hydrogens (tertiary/aromatic N) is 3. The average molecular weight is 463 g/mol. The van der Waals surface area contributed by atoms with Crippen molar-refractivity contribution in [3.8, 4) is 23.5 Å².